The van der Waals surface area contributed by atoms with Crippen molar-refractivity contribution in [2.24, 2.45) is 0 Å². The van der Waals surface area contributed by atoms with Crippen LogP contribution < -0.4 is 0 Å². The van der Waals surface area contributed by atoms with E-state index in [0.29, 0.717) is 10.7 Å². The van der Waals surface area contributed by atoms with Gasteiger partial charge in [0.1, 0.15) is 0 Å². The average Bonchev–Trinajstić information content (AvgIpc) is 2.10. The number of alkyl halides is 2. The van der Waals surface area contributed by atoms with E-state index >= 15 is 0 Å². The molecule has 2 N–H and O–H groups in total. The maximum atomic E-state index is 10.8. The summed E-state index contributed by atoms with van der Waals surface area (Å²) < 4.78 is 0. The highest BCUT2D eigenvalue weighted by Crippen LogP contribution is 2.16. The molecule has 0 aromatic carbocycles. The van der Waals surface area contributed by atoms with Gasteiger partial charge in [0.15, 0.2) is 0 Å². The molecule has 0 atom stereocenters. The predicted molar refractivity (Wildman–Crippen MR) is 59.1 cm³/mol. The molecule has 0 aromatic rings. The van der Waals surface area contributed by atoms with Crippen LogP contribution in [0.1, 0.15) is 12.8 Å². The number of hydrogen-bond acceptors (Lipinski definition) is 2. The molecule has 0 spiro atoms. The first-order valence-electron chi connectivity index (χ1n) is 3.85. The Balaban J connectivity index is 5.03. The van der Waals surface area contributed by atoms with E-state index in [1.165, 1.54) is 0 Å². The normalized spacial score (nSPS) is 12.1. The van der Waals surface area contributed by atoms with E-state index in [9.17, 15) is 9.59 Å². The zero-order valence-corrected chi connectivity index (χ0v) is 10.5. The van der Waals surface area contributed by atoms with Crippen LogP contribution >= 0.6 is 31.9 Å². The minimum absolute atomic E-state index is 0.0335. The van der Waals surface area contributed by atoms with Crippen LogP contribution in [0.4, 0.5) is 0 Å². The largest absolute Gasteiger partial charge is 0.478 e. The van der Waals surface area contributed by atoms with Gasteiger partial charge in [0.25, 0.3) is 0 Å². The van der Waals surface area contributed by atoms with Crippen LogP contribution in [0.15, 0.2) is 11.1 Å². The summed E-state index contributed by atoms with van der Waals surface area (Å²) >= 11 is 6.17. The molecule has 0 aliphatic heterocycles. The van der Waals surface area contributed by atoms with Gasteiger partial charge in [-0.2, -0.15) is 0 Å². The van der Waals surface area contributed by atoms with Gasteiger partial charge in [-0.15, -0.1) is 0 Å². The van der Waals surface area contributed by atoms with Crippen molar-refractivity contribution in [2.75, 3.05) is 10.7 Å². The lowest BCUT2D eigenvalue weighted by Crippen LogP contribution is -2.12. The molecule has 0 aliphatic carbocycles. The van der Waals surface area contributed by atoms with Gasteiger partial charge in [-0.1, -0.05) is 31.9 Å². The summed E-state index contributed by atoms with van der Waals surface area (Å²) in [5, 5.41) is 18.5. The summed E-state index contributed by atoms with van der Waals surface area (Å²) in [7, 11) is 0. The predicted octanol–water partition coefficient (Wildman–Crippen LogP) is 2.02. The van der Waals surface area contributed by atoms with Crippen molar-refractivity contribution < 1.29 is 19.8 Å². The summed E-state index contributed by atoms with van der Waals surface area (Å²) in [4.78, 5) is 21.5. The summed E-state index contributed by atoms with van der Waals surface area (Å²) in [6, 6.07) is 0. The maximum Gasteiger partial charge on any atom is 0.332 e. The second-order valence-electron chi connectivity index (χ2n) is 2.45. The Kier molecular flexibility index (Phi) is 6.82. The van der Waals surface area contributed by atoms with Gasteiger partial charge in [-0.05, 0) is 12.8 Å². The van der Waals surface area contributed by atoms with E-state index in [0.717, 1.165) is 0 Å². The van der Waals surface area contributed by atoms with Crippen LogP contribution in [0.5, 0.6) is 0 Å². The van der Waals surface area contributed by atoms with Gasteiger partial charge < -0.3 is 10.2 Å². The van der Waals surface area contributed by atoms with Crippen molar-refractivity contribution in [2.45, 2.75) is 12.8 Å². The molecule has 80 valence electrons. The molecule has 4 nitrogen and oxygen atoms in total. The fourth-order valence-electron chi connectivity index (χ4n) is 0.963. The monoisotopic (exact) mass is 328 g/mol. The Morgan fingerprint density at radius 3 is 1.29 bits per heavy atom. The molecule has 0 saturated carbocycles. The fraction of sp³-hybridized carbons (Fsp3) is 0.500. The Hall–Kier alpha value is -0.360. The molecule has 0 heterocycles. The number of hydrogen-bond donors (Lipinski definition) is 2. The number of rotatable bonds is 6. The van der Waals surface area contributed by atoms with Gasteiger partial charge in [0.05, 0.1) is 0 Å². The summed E-state index contributed by atoms with van der Waals surface area (Å²) in [6.07, 6.45) is 0.425. The second kappa shape index (κ2) is 7.00. The third-order valence-corrected chi connectivity index (χ3v) is 2.36. The smallest absolute Gasteiger partial charge is 0.332 e. The van der Waals surface area contributed by atoms with Crippen molar-refractivity contribution in [3.05, 3.63) is 11.1 Å². The van der Waals surface area contributed by atoms with E-state index < -0.39 is 11.9 Å². The number of carboxylic acid groups (broad SMARTS) is 2. The van der Waals surface area contributed by atoms with Crippen LogP contribution in [-0.4, -0.2) is 32.8 Å². The summed E-state index contributed by atoms with van der Waals surface area (Å²) in [5.74, 6) is -2.33. The Morgan fingerprint density at radius 2 is 1.14 bits per heavy atom. The maximum absolute atomic E-state index is 10.8. The van der Waals surface area contributed by atoms with E-state index in [2.05, 4.69) is 31.9 Å². The third kappa shape index (κ3) is 4.23. The van der Waals surface area contributed by atoms with Crippen molar-refractivity contribution in [1.82, 2.24) is 0 Å². The molecular formula is C8H10Br2O4. The van der Waals surface area contributed by atoms with Crippen molar-refractivity contribution in [3.8, 4) is 0 Å². The quantitative estimate of drug-likeness (QED) is 0.577. The molecule has 14 heavy (non-hydrogen) atoms. The van der Waals surface area contributed by atoms with Gasteiger partial charge in [0.2, 0.25) is 0 Å². The van der Waals surface area contributed by atoms with E-state index in [-0.39, 0.29) is 24.0 Å². The summed E-state index contributed by atoms with van der Waals surface area (Å²) in [5.41, 5.74) is -0.0670. The minimum Gasteiger partial charge on any atom is -0.478 e. The Bertz CT molecular complexity index is 234. The minimum atomic E-state index is -1.16. The number of carbonyl (C=O) groups is 2. The molecule has 0 rings (SSSR count). The van der Waals surface area contributed by atoms with E-state index in [1.54, 1.807) is 0 Å². The highest BCUT2D eigenvalue weighted by Gasteiger charge is 2.18. The molecule has 0 aromatic heterocycles. The number of carboxylic acids is 2. The molecule has 0 unspecified atom stereocenters. The molecule has 0 saturated heterocycles. The van der Waals surface area contributed by atoms with Gasteiger partial charge >= 0.3 is 11.9 Å². The van der Waals surface area contributed by atoms with E-state index in [1.807, 2.05) is 0 Å². The molecule has 6 heteroatoms. The first-order valence-corrected chi connectivity index (χ1v) is 6.09. The van der Waals surface area contributed by atoms with Crippen LogP contribution in [-0.2, 0) is 9.59 Å². The summed E-state index contributed by atoms with van der Waals surface area (Å²) in [6.45, 7) is 0. The van der Waals surface area contributed by atoms with Crippen molar-refractivity contribution in [1.29, 1.82) is 0 Å². The highest BCUT2D eigenvalue weighted by atomic mass is 79.9. The molecule has 0 amide bonds. The lowest BCUT2D eigenvalue weighted by Gasteiger charge is -2.05. The number of halogens is 2. The second-order valence-corrected chi connectivity index (χ2v) is 4.03. The Morgan fingerprint density at radius 1 is 0.857 bits per heavy atom. The van der Waals surface area contributed by atoms with Crippen molar-refractivity contribution in [3.63, 3.8) is 0 Å². The fourth-order valence-corrected chi connectivity index (χ4v) is 1.76. The zero-order chi connectivity index (χ0) is 11.1. The Labute approximate surface area is 98.3 Å². The van der Waals surface area contributed by atoms with E-state index in [4.69, 9.17) is 10.2 Å². The van der Waals surface area contributed by atoms with Crippen LogP contribution in [0.25, 0.3) is 0 Å². The van der Waals surface area contributed by atoms with Crippen LogP contribution in [0.3, 0.4) is 0 Å². The van der Waals surface area contributed by atoms with Crippen molar-refractivity contribution >= 4 is 43.8 Å². The topological polar surface area (TPSA) is 74.6 Å². The third-order valence-electron chi connectivity index (χ3n) is 1.57. The molecule has 0 radical (unpaired) electrons. The molecule has 0 fully saturated rings. The highest BCUT2D eigenvalue weighted by molar-refractivity contribution is 9.09. The van der Waals surface area contributed by atoms with Gasteiger partial charge in [0, 0.05) is 21.8 Å². The van der Waals surface area contributed by atoms with Crippen LogP contribution in [0.2, 0.25) is 0 Å². The lowest BCUT2D eigenvalue weighted by molar-refractivity contribution is -0.136. The van der Waals surface area contributed by atoms with Gasteiger partial charge in [-0.3, -0.25) is 0 Å². The zero-order valence-electron chi connectivity index (χ0n) is 7.30. The first-order chi connectivity index (χ1) is 6.54. The first kappa shape index (κ1) is 13.6. The van der Waals surface area contributed by atoms with Gasteiger partial charge in [-0.25, -0.2) is 9.59 Å². The molecule has 0 bridgehead atoms. The molecular weight excluding hydrogens is 320 g/mol. The standard InChI is InChI=1S/C8H10Br2O4/c9-3-1-5(7(11)12)6(2-4-10)8(13)14/h1-4H2,(H,11,12)(H,13,14). The SMILES string of the molecule is O=C(O)C(CCBr)=C(CCBr)C(=O)O. The average molecular weight is 330 g/mol. The van der Waals surface area contributed by atoms with Crippen LogP contribution in [0, 0.1) is 0 Å². The number of aliphatic carboxylic acids is 2. The molecule has 0 aliphatic rings. The lowest BCUT2D eigenvalue weighted by atomic mass is 10.0.